The number of nitrogens with zero attached hydrogens (tertiary/aromatic N) is 1. The molecule has 0 N–H and O–H groups in total. The third-order valence-corrected chi connectivity index (χ3v) is 11.6. The van der Waals surface area contributed by atoms with Crippen molar-refractivity contribution in [2.24, 2.45) is 11.3 Å². The van der Waals surface area contributed by atoms with Gasteiger partial charge < -0.3 is 4.90 Å². The van der Waals surface area contributed by atoms with Crippen molar-refractivity contribution in [3.8, 4) is 0 Å². The van der Waals surface area contributed by atoms with Crippen LogP contribution in [0.5, 0.6) is 0 Å². The van der Waals surface area contributed by atoms with Gasteiger partial charge in [0.15, 0.2) is 9.84 Å². The van der Waals surface area contributed by atoms with Gasteiger partial charge in [0.05, 0.1) is 27.0 Å². The van der Waals surface area contributed by atoms with Crippen molar-refractivity contribution in [3.63, 3.8) is 0 Å². The predicted molar refractivity (Wildman–Crippen MR) is 147 cm³/mol. The molecule has 3 fully saturated rings. The molecule has 2 aromatic carbocycles. The molecule has 38 heavy (non-hydrogen) atoms. The summed E-state index contributed by atoms with van der Waals surface area (Å²) in [6.07, 6.45) is 2.27. The van der Waals surface area contributed by atoms with E-state index in [-0.39, 0.29) is 47.1 Å². The molecule has 1 spiro atoms. The summed E-state index contributed by atoms with van der Waals surface area (Å²) in [6, 6.07) is 10.6. The van der Waals surface area contributed by atoms with Gasteiger partial charge in [-0.3, -0.25) is 9.59 Å². The highest BCUT2D eigenvalue weighted by molar-refractivity contribution is 7.92. The first-order valence-corrected chi connectivity index (χ1v) is 15.4. The Bertz CT molecular complexity index is 1390. The van der Waals surface area contributed by atoms with Crippen LogP contribution in [0.4, 0.5) is 4.39 Å². The van der Waals surface area contributed by atoms with Gasteiger partial charge in [-0.1, -0.05) is 41.4 Å². The molecule has 5 nitrogen and oxygen atoms in total. The lowest BCUT2D eigenvalue weighted by molar-refractivity contribution is -0.168. The van der Waals surface area contributed by atoms with E-state index in [0.29, 0.717) is 17.0 Å². The van der Waals surface area contributed by atoms with E-state index < -0.39 is 37.9 Å². The smallest absolute Gasteiger partial charge is 0.230 e. The molecule has 1 heterocycles. The molecule has 3 atom stereocenters. The number of carbonyl (C=O) groups is 2. The van der Waals surface area contributed by atoms with Crippen LogP contribution >= 0.6 is 23.2 Å². The molecule has 3 aliphatic rings. The average Bonchev–Trinajstić information content (AvgIpc) is 3.64. The van der Waals surface area contributed by atoms with Crippen molar-refractivity contribution in [3.05, 3.63) is 69.5 Å². The fraction of sp³-hybridized carbons (Fsp3) is 0.517. The summed E-state index contributed by atoms with van der Waals surface area (Å²) in [5, 5.41) is 0.497. The van der Waals surface area contributed by atoms with Crippen LogP contribution in [0, 0.1) is 17.2 Å². The SMILES string of the molecule is CC(C)(C)S(=O)(=O)CC(C1CC1)N1C(=O)C2(CC(=O)C2)C[C@H](c2cccc(Cl)c2)C1c1ccc(Cl)c(F)c1. The Labute approximate surface area is 233 Å². The van der Waals surface area contributed by atoms with Crippen molar-refractivity contribution in [1.29, 1.82) is 0 Å². The minimum atomic E-state index is -3.60. The van der Waals surface area contributed by atoms with Gasteiger partial charge in [-0.2, -0.15) is 0 Å². The Morgan fingerprint density at radius 3 is 2.29 bits per heavy atom. The number of Topliss-reactive ketones (excluding diaryl/α,β-unsaturated/α-hetero) is 1. The summed E-state index contributed by atoms with van der Waals surface area (Å²) in [7, 11) is -3.60. The first-order valence-electron chi connectivity index (χ1n) is 13.0. The second kappa shape index (κ2) is 9.60. The van der Waals surface area contributed by atoms with Crippen molar-refractivity contribution >= 4 is 44.7 Å². The van der Waals surface area contributed by atoms with Crippen LogP contribution in [0.15, 0.2) is 42.5 Å². The summed E-state index contributed by atoms with van der Waals surface area (Å²) in [5.41, 5.74) is 0.510. The van der Waals surface area contributed by atoms with E-state index in [0.717, 1.165) is 18.4 Å². The Morgan fingerprint density at radius 1 is 1.05 bits per heavy atom. The fourth-order valence-corrected chi connectivity index (χ4v) is 7.79. The van der Waals surface area contributed by atoms with Gasteiger partial charge in [-0.15, -0.1) is 0 Å². The minimum Gasteiger partial charge on any atom is -0.330 e. The summed E-state index contributed by atoms with van der Waals surface area (Å²) in [4.78, 5) is 28.4. The molecule has 2 aromatic rings. The Balaban J connectivity index is 1.70. The second-order valence-electron chi connectivity index (χ2n) is 12.2. The molecule has 204 valence electrons. The van der Waals surface area contributed by atoms with E-state index in [1.165, 1.54) is 12.1 Å². The molecule has 1 amide bonds. The average molecular weight is 581 g/mol. The number of hydrogen-bond acceptors (Lipinski definition) is 4. The number of carbonyl (C=O) groups excluding carboxylic acids is 2. The monoisotopic (exact) mass is 579 g/mol. The van der Waals surface area contributed by atoms with Crippen LogP contribution in [-0.4, -0.2) is 41.5 Å². The zero-order chi connectivity index (χ0) is 27.6. The Morgan fingerprint density at radius 2 is 1.74 bits per heavy atom. The van der Waals surface area contributed by atoms with Crippen LogP contribution < -0.4 is 0 Å². The molecule has 5 rings (SSSR count). The maximum absolute atomic E-state index is 14.8. The maximum atomic E-state index is 14.8. The summed E-state index contributed by atoms with van der Waals surface area (Å²) < 4.78 is 40.8. The number of hydrogen-bond donors (Lipinski definition) is 0. The third-order valence-electron chi connectivity index (χ3n) is 8.46. The molecule has 0 bridgehead atoms. The van der Waals surface area contributed by atoms with Gasteiger partial charge in [-0.25, -0.2) is 12.8 Å². The van der Waals surface area contributed by atoms with Crippen molar-refractivity contribution in [2.75, 3.05) is 5.75 Å². The number of amides is 1. The molecular weight excluding hydrogens is 548 g/mol. The molecule has 1 aliphatic heterocycles. The molecule has 2 saturated carbocycles. The normalized spacial score (nSPS) is 24.4. The summed E-state index contributed by atoms with van der Waals surface area (Å²) in [6.45, 7) is 4.99. The Hall–Kier alpha value is -1.96. The number of ketones is 1. The number of likely N-dealkylation sites (tertiary alicyclic amines) is 1. The number of piperidine rings is 1. The molecule has 2 aliphatic carbocycles. The van der Waals surface area contributed by atoms with Crippen LogP contribution in [0.25, 0.3) is 0 Å². The lowest BCUT2D eigenvalue weighted by Crippen LogP contribution is -2.62. The maximum Gasteiger partial charge on any atom is 0.230 e. The molecule has 0 radical (unpaired) electrons. The third kappa shape index (κ3) is 4.90. The van der Waals surface area contributed by atoms with Crippen molar-refractivity contribution in [1.82, 2.24) is 4.90 Å². The van der Waals surface area contributed by atoms with E-state index >= 15 is 0 Å². The molecular formula is C29H32Cl2FNO4S. The summed E-state index contributed by atoms with van der Waals surface area (Å²) in [5.74, 6) is -1.29. The molecule has 2 unspecified atom stereocenters. The van der Waals surface area contributed by atoms with Gasteiger partial charge in [0.25, 0.3) is 0 Å². The number of benzene rings is 2. The van der Waals surface area contributed by atoms with E-state index in [2.05, 4.69) is 0 Å². The first-order chi connectivity index (χ1) is 17.7. The second-order valence-corrected chi connectivity index (χ2v) is 15.8. The van der Waals surface area contributed by atoms with Gasteiger partial charge in [0.2, 0.25) is 5.91 Å². The van der Waals surface area contributed by atoms with Crippen LogP contribution in [-0.2, 0) is 19.4 Å². The fourth-order valence-electron chi connectivity index (χ4n) is 6.10. The van der Waals surface area contributed by atoms with E-state index in [9.17, 15) is 22.4 Å². The molecule has 1 saturated heterocycles. The highest BCUT2D eigenvalue weighted by atomic mass is 35.5. The molecule has 0 aromatic heterocycles. The number of sulfone groups is 1. The minimum absolute atomic E-state index is 0.0154. The highest BCUT2D eigenvalue weighted by Gasteiger charge is 2.61. The standard InChI is InChI=1S/C29H32Cl2FNO4S/c1-28(2,3)38(36,37)16-25(17-7-8-17)33-26(19-9-10-23(31)24(32)12-19)22(18-5-4-6-20(30)11-18)15-29(27(33)35)13-21(34)14-29/h4-6,9-12,17,22,25-26H,7-8,13-16H2,1-3H3/t22-,25?,26?/m1/s1. The predicted octanol–water partition coefficient (Wildman–Crippen LogP) is 6.53. The van der Waals surface area contributed by atoms with Gasteiger partial charge >= 0.3 is 0 Å². The number of halogens is 3. The summed E-state index contributed by atoms with van der Waals surface area (Å²) >= 11 is 12.4. The van der Waals surface area contributed by atoms with E-state index in [1.807, 2.05) is 18.2 Å². The van der Waals surface area contributed by atoms with Crippen LogP contribution in [0.1, 0.15) is 76.0 Å². The lowest BCUT2D eigenvalue weighted by Gasteiger charge is -2.55. The van der Waals surface area contributed by atoms with Crippen molar-refractivity contribution < 1.29 is 22.4 Å². The zero-order valence-corrected chi connectivity index (χ0v) is 24.0. The highest BCUT2D eigenvalue weighted by Crippen LogP contribution is 2.58. The lowest BCUT2D eigenvalue weighted by atomic mass is 9.57. The van der Waals surface area contributed by atoms with Gasteiger partial charge in [0.1, 0.15) is 11.6 Å². The topological polar surface area (TPSA) is 71.5 Å². The quantitative estimate of drug-likeness (QED) is 0.390. The van der Waals surface area contributed by atoms with Crippen molar-refractivity contribution in [2.45, 2.75) is 75.6 Å². The van der Waals surface area contributed by atoms with E-state index in [4.69, 9.17) is 23.2 Å². The van der Waals surface area contributed by atoms with Gasteiger partial charge in [-0.05, 0) is 81.3 Å². The largest absolute Gasteiger partial charge is 0.330 e. The first kappa shape index (κ1) is 27.6. The van der Waals surface area contributed by atoms with Gasteiger partial charge in [0, 0.05) is 29.8 Å². The Kier molecular flexibility index (Phi) is 6.97. The van der Waals surface area contributed by atoms with E-state index in [1.54, 1.807) is 37.8 Å². The number of rotatable bonds is 6. The van der Waals surface area contributed by atoms with Crippen LogP contribution in [0.2, 0.25) is 10.0 Å². The molecule has 9 heteroatoms. The van der Waals surface area contributed by atoms with Crippen LogP contribution in [0.3, 0.4) is 0 Å². The zero-order valence-electron chi connectivity index (χ0n) is 21.7.